The molecule has 1 N–H and O–H groups in total. The molecule has 0 aromatic heterocycles. The third-order valence-corrected chi connectivity index (χ3v) is 5.34. The van der Waals surface area contributed by atoms with Gasteiger partial charge in [0, 0.05) is 19.3 Å². The maximum Gasteiger partial charge on any atom is 0.303 e. The van der Waals surface area contributed by atoms with Gasteiger partial charge < -0.3 is 5.11 Å². The number of hydrogen-bond acceptors (Lipinski definition) is 1. The lowest BCUT2D eigenvalue weighted by atomic mass is 10.1. The Morgan fingerprint density at radius 3 is 1.28 bits per heavy atom. The predicted octanol–water partition coefficient (Wildman–Crippen LogP) is 8.29. The zero-order chi connectivity index (χ0) is 21.3. The highest BCUT2D eigenvalue weighted by Crippen LogP contribution is 2.11. The van der Waals surface area contributed by atoms with Crippen LogP contribution < -0.4 is 0 Å². The van der Waals surface area contributed by atoms with Gasteiger partial charge in [-0.3, -0.25) is 4.79 Å². The van der Waals surface area contributed by atoms with Crippen LogP contribution in [0.2, 0.25) is 0 Å². The minimum atomic E-state index is -0.672. The highest BCUT2D eigenvalue weighted by molar-refractivity contribution is 5.66. The summed E-state index contributed by atoms with van der Waals surface area (Å²) in [6.45, 7) is 2.27. The molecule has 2 heteroatoms. The molecule has 0 spiro atoms. The standard InChI is InChI=1S/C27H46O2/c1-2-3-4-5-6-7-8-9-10-11-12-13-14-15-16-17-18-19-20-21-22-23-24-25-26-27(28)29/h2-12,17-26H2,1H3,(H,28,29). The van der Waals surface area contributed by atoms with Gasteiger partial charge in [-0.05, 0) is 31.1 Å². The van der Waals surface area contributed by atoms with E-state index in [1.54, 1.807) is 0 Å². The van der Waals surface area contributed by atoms with Crippen LogP contribution in [0.15, 0.2) is 0 Å². The topological polar surface area (TPSA) is 37.3 Å². The average Bonchev–Trinajstić information content (AvgIpc) is 2.71. The molecule has 0 unspecified atom stereocenters. The van der Waals surface area contributed by atoms with Crippen LogP contribution in [0.25, 0.3) is 0 Å². The smallest absolute Gasteiger partial charge is 0.303 e. The van der Waals surface area contributed by atoms with Crippen molar-refractivity contribution >= 4 is 5.97 Å². The average molecular weight is 403 g/mol. The zero-order valence-electron chi connectivity index (χ0n) is 19.2. The summed E-state index contributed by atoms with van der Waals surface area (Å²) in [5.74, 6) is 11.7. The summed E-state index contributed by atoms with van der Waals surface area (Å²) in [6.07, 6.45) is 25.2. The van der Waals surface area contributed by atoms with Gasteiger partial charge in [0.1, 0.15) is 0 Å². The molecular weight excluding hydrogens is 356 g/mol. The van der Waals surface area contributed by atoms with Crippen LogP contribution in [0, 0.1) is 23.7 Å². The van der Waals surface area contributed by atoms with E-state index in [1.807, 2.05) is 0 Å². The van der Waals surface area contributed by atoms with Crippen LogP contribution in [0.3, 0.4) is 0 Å². The zero-order valence-corrected chi connectivity index (χ0v) is 19.2. The van der Waals surface area contributed by atoms with Gasteiger partial charge >= 0.3 is 5.97 Å². The number of unbranched alkanes of at least 4 members (excludes halogenated alkanes) is 18. The minimum Gasteiger partial charge on any atom is -0.481 e. The second-order valence-corrected chi connectivity index (χ2v) is 8.26. The molecule has 0 fully saturated rings. The van der Waals surface area contributed by atoms with Crippen molar-refractivity contribution < 1.29 is 9.90 Å². The van der Waals surface area contributed by atoms with Crippen molar-refractivity contribution in [3.63, 3.8) is 0 Å². The Balaban J connectivity index is 3.24. The molecule has 29 heavy (non-hydrogen) atoms. The lowest BCUT2D eigenvalue weighted by Gasteiger charge is -2.00. The number of hydrogen-bond donors (Lipinski definition) is 1. The fourth-order valence-corrected chi connectivity index (χ4v) is 3.46. The van der Waals surface area contributed by atoms with E-state index >= 15 is 0 Å². The first-order valence-corrected chi connectivity index (χ1v) is 12.4. The predicted molar refractivity (Wildman–Crippen MR) is 126 cm³/mol. The third kappa shape index (κ3) is 26.6. The molecule has 0 aromatic carbocycles. The van der Waals surface area contributed by atoms with Gasteiger partial charge in [-0.2, -0.15) is 0 Å². The van der Waals surface area contributed by atoms with Gasteiger partial charge in [-0.25, -0.2) is 0 Å². The normalized spacial score (nSPS) is 10.1. The number of carboxylic acids is 1. The number of rotatable bonds is 20. The number of aliphatic carboxylic acids is 1. The Hall–Kier alpha value is -1.41. The lowest BCUT2D eigenvalue weighted by Crippen LogP contribution is -1.93. The second-order valence-electron chi connectivity index (χ2n) is 8.26. The van der Waals surface area contributed by atoms with Crippen molar-refractivity contribution in [2.75, 3.05) is 0 Å². The first kappa shape index (κ1) is 27.6. The molecule has 0 aliphatic carbocycles. The Bertz CT molecular complexity index is 472. The van der Waals surface area contributed by atoms with Crippen LogP contribution in [0.1, 0.15) is 142 Å². The van der Waals surface area contributed by atoms with E-state index in [0.717, 1.165) is 25.7 Å². The van der Waals surface area contributed by atoms with Crippen LogP contribution in [-0.4, -0.2) is 11.1 Å². The van der Waals surface area contributed by atoms with E-state index in [4.69, 9.17) is 5.11 Å². The SMILES string of the molecule is CCCCCCCCCCCCC#CC#CCCCCCCCCCCC(=O)O. The van der Waals surface area contributed by atoms with Gasteiger partial charge in [-0.1, -0.05) is 115 Å². The Kier molecular flexibility index (Phi) is 23.4. The maximum absolute atomic E-state index is 10.4. The minimum absolute atomic E-state index is 0.320. The molecule has 0 amide bonds. The highest BCUT2D eigenvalue weighted by Gasteiger charge is 1.96. The first-order chi connectivity index (χ1) is 14.3. The van der Waals surface area contributed by atoms with Crippen molar-refractivity contribution in [3.8, 4) is 23.7 Å². The number of carbonyl (C=O) groups is 1. The van der Waals surface area contributed by atoms with E-state index in [1.165, 1.54) is 103 Å². The van der Waals surface area contributed by atoms with Gasteiger partial charge in [0.15, 0.2) is 0 Å². The molecule has 0 radical (unpaired) electrons. The molecule has 0 saturated carbocycles. The Labute approximate surface area is 181 Å². The second kappa shape index (κ2) is 24.6. The molecule has 0 aromatic rings. The molecule has 0 atom stereocenters. The van der Waals surface area contributed by atoms with E-state index in [9.17, 15) is 4.79 Å². The molecule has 0 saturated heterocycles. The van der Waals surface area contributed by atoms with Crippen LogP contribution in [-0.2, 0) is 4.79 Å². The molecule has 0 aliphatic rings. The highest BCUT2D eigenvalue weighted by atomic mass is 16.4. The maximum atomic E-state index is 10.4. The molecule has 0 bridgehead atoms. The quantitative estimate of drug-likeness (QED) is 0.164. The Morgan fingerprint density at radius 1 is 0.552 bits per heavy atom. The monoisotopic (exact) mass is 402 g/mol. The largest absolute Gasteiger partial charge is 0.481 e. The van der Waals surface area contributed by atoms with Crippen molar-refractivity contribution in [3.05, 3.63) is 0 Å². The van der Waals surface area contributed by atoms with Gasteiger partial charge in [0.2, 0.25) is 0 Å². The number of carboxylic acid groups (broad SMARTS) is 1. The van der Waals surface area contributed by atoms with Crippen LogP contribution >= 0.6 is 0 Å². The van der Waals surface area contributed by atoms with Crippen molar-refractivity contribution in [2.45, 2.75) is 142 Å². The molecular formula is C27H46O2. The van der Waals surface area contributed by atoms with E-state index in [-0.39, 0.29) is 0 Å². The molecule has 166 valence electrons. The summed E-state index contributed by atoms with van der Waals surface area (Å²) in [7, 11) is 0. The molecule has 0 heterocycles. The van der Waals surface area contributed by atoms with Crippen molar-refractivity contribution in [2.24, 2.45) is 0 Å². The van der Waals surface area contributed by atoms with E-state index < -0.39 is 5.97 Å². The fraction of sp³-hybridized carbons (Fsp3) is 0.815. The summed E-state index contributed by atoms with van der Waals surface area (Å²) < 4.78 is 0. The summed E-state index contributed by atoms with van der Waals surface area (Å²) in [5.41, 5.74) is 0. The molecule has 2 nitrogen and oxygen atoms in total. The van der Waals surface area contributed by atoms with Crippen molar-refractivity contribution in [1.29, 1.82) is 0 Å². The summed E-state index contributed by atoms with van der Waals surface area (Å²) >= 11 is 0. The Morgan fingerprint density at radius 2 is 0.897 bits per heavy atom. The lowest BCUT2D eigenvalue weighted by molar-refractivity contribution is -0.137. The van der Waals surface area contributed by atoms with Gasteiger partial charge in [-0.15, -0.1) is 0 Å². The van der Waals surface area contributed by atoms with Crippen LogP contribution in [0.4, 0.5) is 0 Å². The van der Waals surface area contributed by atoms with E-state index in [2.05, 4.69) is 30.6 Å². The molecule has 0 aliphatic heterocycles. The summed E-state index contributed by atoms with van der Waals surface area (Å²) in [6, 6.07) is 0. The van der Waals surface area contributed by atoms with Crippen molar-refractivity contribution in [1.82, 2.24) is 0 Å². The van der Waals surface area contributed by atoms with Crippen LogP contribution in [0.5, 0.6) is 0 Å². The van der Waals surface area contributed by atoms with E-state index in [0.29, 0.717) is 6.42 Å². The van der Waals surface area contributed by atoms with Gasteiger partial charge in [0.25, 0.3) is 0 Å². The molecule has 0 rings (SSSR count). The first-order valence-electron chi connectivity index (χ1n) is 12.4. The fourth-order valence-electron chi connectivity index (χ4n) is 3.46. The summed E-state index contributed by atoms with van der Waals surface area (Å²) in [4.78, 5) is 10.4. The van der Waals surface area contributed by atoms with Gasteiger partial charge in [0.05, 0.1) is 0 Å². The summed E-state index contributed by atoms with van der Waals surface area (Å²) in [5, 5.41) is 8.57. The third-order valence-electron chi connectivity index (χ3n) is 5.34.